The number of hydrogen-bond donors (Lipinski definition) is 0. The fourth-order valence-corrected chi connectivity index (χ4v) is 9.83. The second-order valence-electron chi connectivity index (χ2n) is 14.8. The van der Waals surface area contributed by atoms with Crippen LogP contribution in [0.1, 0.15) is 0 Å². The molecule has 13 rings (SSSR count). The molecule has 0 bridgehead atoms. The lowest BCUT2D eigenvalue weighted by Gasteiger charge is -2.14. The first-order valence-corrected chi connectivity index (χ1v) is 18.9. The third kappa shape index (κ3) is 3.79. The van der Waals surface area contributed by atoms with E-state index >= 15 is 0 Å². The number of aromatic nitrogens is 2. The van der Waals surface area contributed by atoms with E-state index in [1.807, 2.05) is 0 Å². The van der Waals surface area contributed by atoms with Crippen molar-refractivity contribution >= 4 is 76.3 Å². The van der Waals surface area contributed by atoms with Crippen LogP contribution in [0, 0.1) is 0 Å². The molecule has 0 fully saturated rings. The zero-order chi connectivity index (χ0) is 35.8. The van der Waals surface area contributed by atoms with Crippen molar-refractivity contribution in [1.29, 1.82) is 0 Å². The van der Waals surface area contributed by atoms with Crippen molar-refractivity contribution in [3.63, 3.8) is 0 Å². The highest BCUT2D eigenvalue weighted by Gasteiger charge is 2.27. The average molecular weight is 699 g/mol. The van der Waals surface area contributed by atoms with Gasteiger partial charge in [0.05, 0.1) is 27.8 Å². The predicted octanol–water partition coefficient (Wildman–Crippen LogP) is 14.2. The van der Waals surface area contributed by atoms with Crippen LogP contribution in [0.2, 0.25) is 0 Å². The van der Waals surface area contributed by atoms with Gasteiger partial charge in [0.15, 0.2) is 0 Å². The smallest absolute Gasteiger partial charge is 0.136 e. The first-order chi connectivity index (χ1) is 27.3. The maximum absolute atomic E-state index is 6.52. The highest BCUT2D eigenvalue weighted by atomic mass is 16.3. The van der Waals surface area contributed by atoms with Gasteiger partial charge in [-0.1, -0.05) is 133 Å². The summed E-state index contributed by atoms with van der Waals surface area (Å²) in [6, 6.07) is 66.4. The Labute approximate surface area is 315 Å². The standard InChI is InChI=1S/C52H30N2O/c1-2-12-31(13-3-1)32-14-10-15-33(30-32)53-42-22-8-6-18-39(42)50-45(53)27-25-41-49-44(28-29-47-51(49)40-19-7-9-23-46(40)55-47)54(52(41)50)43-26-24-37-35-17-5-4-16-34(35)36-20-11-21-38(43)48(36)37/h1-30H. The zero-order valence-corrected chi connectivity index (χ0v) is 29.6. The van der Waals surface area contributed by atoms with Crippen molar-refractivity contribution in [2.24, 2.45) is 0 Å². The van der Waals surface area contributed by atoms with E-state index in [1.54, 1.807) is 0 Å². The molecule has 55 heavy (non-hydrogen) atoms. The minimum Gasteiger partial charge on any atom is -0.456 e. The second kappa shape index (κ2) is 10.6. The molecule has 12 aromatic rings. The van der Waals surface area contributed by atoms with Gasteiger partial charge in [0.1, 0.15) is 11.2 Å². The van der Waals surface area contributed by atoms with Gasteiger partial charge >= 0.3 is 0 Å². The molecule has 3 nitrogen and oxygen atoms in total. The summed E-state index contributed by atoms with van der Waals surface area (Å²) < 4.78 is 11.5. The van der Waals surface area contributed by atoms with Crippen LogP contribution in [0.15, 0.2) is 186 Å². The van der Waals surface area contributed by atoms with Gasteiger partial charge in [0.2, 0.25) is 0 Å². The van der Waals surface area contributed by atoms with Crippen molar-refractivity contribution in [2.75, 3.05) is 0 Å². The van der Waals surface area contributed by atoms with Crippen LogP contribution in [0.3, 0.4) is 0 Å². The summed E-state index contributed by atoms with van der Waals surface area (Å²) in [7, 11) is 0. The highest BCUT2D eigenvalue weighted by Crippen LogP contribution is 2.51. The molecule has 9 aromatic carbocycles. The molecule has 0 spiro atoms. The third-order valence-corrected chi connectivity index (χ3v) is 12.0. The summed E-state index contributed by atoms with van der Waals surface area (Å²) in [4.78, 5) is 0. The quantitative estimate of drug-likeness (QED) is 0.180. The lowest BCUT2D eigenvalue weighted by atomic mass is 10.0. The van der Waals surface area contributed by atoms with Gasteiger partial charge in [-0.2, -0.15) is 0 Å². The Balaban J connectivity index is 1.22. The van der Waals surface area contributed by atoms with E-state index < -0.39 is 0 Å². The van der Waals surface area contributed by atoms with Crippen molar-refractivity contribution < 1.29 is 4.42 Å². The topological polar surface area (TPSA) is 23.0 Å². The number of rotatable bonds is 3. The van der Waals surface area contributed by atoms with Gasteiger partial charge in [0.25, 0.3) is 0 Å². The zero-order valence-electron chi connectivity index (χ0n) is 29.6. The number of fused-ring (bicyclic) bond motifs is 14. The van der Waals surface area contributed by atoms with E-state index in [0.717, 1.165) is 27.6 Å². The largest absolute Gasteiger partial charge is 0.456 e. The molecule has 0 atom stereocenters. The fraction of sp³-hybridized carbons (Fsp3) is 0. The molecule has 0 amide bonds. The van der Waals surface area contributed by atoms with Crippen LogP contribution in [0.4, 0.5) is 0 Å². The van der Waals surface area contributed by atoms with Crippen LogP contribution in [-0.2, 0) is 0 Å². The van der Waals surface area contributed by atoms with E-state index in [2.05, 4.69) is 191 Å². The Morgan fingerprint density at radius 2 is 1.00 bits per heavy atom. The highest BCUT2D eigenvalue weighted by molar-refractivity contribution is 6.33. The Kier molecular flexibility index (Phi) is 5.63. The predicted molar refractivity (Wildman–Crippen MR) is 230 cm³/mol. The lowest BCUT2D eigenvalue weighted by molar-refractivity contribution is 0.669. The van der Waals surface area contributed by atoms with E-state index in [-0.39, 0.29) is 0 Å². The molecule has 3 heteroatoms. The molecule has 0 aliphatic heterocycles. The SMILES string of the molecule is c1ccc(-c2cccc(-n3c4ccccc4c4c3ccc3c5c6c(ccc5n(-c5ccc7c8c(cccc58)-c5ccccc5-7)c34)oc3ccccc36)c2)cc1. The number of benzene rings is 9. The van der Waals surface area contributed by atoms with Crippen LogP contribution < -0.4 is 0 Å². The first kappa shape index (κ1) is 29.1. The monoisotopic (exact) mass is 698 g/mol. The minimum absolute atomic E-state index is 0.906. The molecular formula is C52H30N2O. The summed E-state index contributed by atoms with van der Waals surface area (Å²) in [5, 5.41) is 9.76. The van der Waals surface area contributed by atoms with Gasteiger partial charge in [-0.05, 0) is 87.3 Å². The van der Waals surface area contributed by atoms with E-state index in [1.165, 1.54) is 93.5 Å². The molecule has 0 unspecified atom stereocenters. The Bertz CT molecular complexity index is 3570. The maximum Gasteiger partial charge on any atom is 0.136 e. The van der Waals surface area contributed by atoms with Crippen LogP contribution >= 0.6 is 0 Å². The van der Waals surface area contributed by atoms with Crippen molar-refractivity contribution in [1.82, 2.24) is 9.13 Å². The van der Waals surface area contributed by atoms with E-state index in [9.17, 15) is 0 Å². The molecular weight excluding hydrogens is 669 g/mol. The van der Waals surface area contributed by atoms with Crippen molar-refractivity contribution in [3.8, 4) is 44.8 Å². The van der Waals surface area contributed by atoms with Gasteiger partial charge in [-0.3, -0.25) is 0 Å². The Morgan fingerprint density at radius 3 is 1.89 bits per heavy atom. The maximum atomic E-state index is 6.52. The van der Waals surface area contributed by atoms with Gasteiger partial charge in [-0.25, -0.2) is 0 Å². The molecule has 0 saturated carbocycles. The molecule has 0 N–H and O–H groups in total. The molecule has 0 radical (unpaired) electrons. The van der Waals surface area contributed by atoms with Crippen molar-refractivity contribution in [2.45, 2.75) is 0 Å². The molecule has 0 saturated heterocycles. The molecule has 3 aromatic heterocycles. The summed E-state index contributed by atoms with van der Waals surface area (Å²) in [5.74, 6) is 0. The van der Waals surface area contributed by atoms with E-state index in [4.69, 9.17) is 4.42 Å². The summed E-state index contributed by atoms with van der Waals surface area (Å²) in [5.41, 5.74) is 16.5. The summed E-state index contributed by atoms with van der Waals surface area (Å²) in [6.07, 6.45) is 0. The first-order valence-electron chi connectivity index (χ1n) is 18.9. The Morgan fingerprint density at radius 1 is 0.327 bits per heavy atom. The number of hydrogen-bond acceptors (Lipinski definition) is 1. The van der Waals surface area contributed by atoms with E-state index in [0.29, 0.717) is 0 Å². The normalized spacial score (nSPS) is 12.4. The number of furan rings is 1. The van der Waals surface area contributed by atoms with Gasteiger partial charge in [0, 0.05) is 43.4 Å². The molecule has 254 valence electrons. The van der Waals surface area contributed by atoms with Crippen LogP contribution in [0.5, 0.6) is 0 Å². The number of para-hydroxylation sites is 2. The lowest BCUT2D eigenvalue weighted by Crippen LogP contribution is -1.97. The van der Waals surface area contributed by atoms with Crippen LogP contribution in [-0.4, -0.2) is 9.13 Å². The summed E-state index contributed by atoms with van der Waals surface area (Å²) >= 11 is 0. The van der Waals surface area contributed by atoms with Crippen LogP contribution in [0.25, 0.3) is 121 Å². The second-order valence-corrected chi connectivity index (χ2v) is 14.8. The van der Waals surface area contributed by atoms with Gasteiger partial charge < -0.3 is 13.6 Å². The van der Waals surface area contributed by atoms with Gasteiger partial charge in [-0.15, -0.1) is 0 Å². The fourth-order valence-electron chi connectivity index (χ4n) is 9.83. The average Bonchev–Trinajstić information content (AvgIpc) is 3.98. The molecule has 3 heterocycles. The summed E-state index contributed by atoms with van der Waals surface area (Å²) in [6.45, 7) is 0. The molecule has 1 aliphatic rings. The Hall–Kier alpha value is -7.36. The number of nitrogens with zero attached hydrogens (tertiary/aromatic N) is 2. The van der Waals surface area contributed by atoms with Crippen molar-refractivity contribution in [3.05, 3.63) is 182 Å². The molecule has 1 aliphatic carbocycles. The minimum atomic E-state index is 0.906. The third-order valence-electron chi connectivity index (χ3n) is 12.0.